The molecule has 1 unspecified atom stereocenters. The van der Waals surface area contributed by atoms with Crippen molar-refractivity contribution < 1.29 is 9.47 Å². The number of benzene rings is 2. The van der Waals surface area contributed by atoms with E-state index >= 15 is 0 Å². The number of hydrogen-bond acceptors (Lipinski definition) is 7. The standard InChI is InChI=1S/C22H21N5O2/c1-14-21(23)27-22(26-14,18-7-8-19(28-2)20(10-18)29-3)17-6-4-5-15(9-17)16-11-24-13-25-12-16/h4-13H,1-3H3,(H2,23,27). The molecule has 0 saturated carbocycles. The van der Waals surface area contributed by atoms with E-state index in [0.717, 1.165) is 22.3 Å². The molecule has 29 heavy (non-hydrogen) atoms. The maximum atomic E-state index is 6.15. The average molecular weight is 387 g/mol. The van der Waals surface area contributed by atoms with Gasteiger partial charge in [0.1, 0.15) is 12.2 Å². The van der Waals surface area contributed by atoms with Crippen LogP contribution in [0.1, 0.15) is 18.1 Å². The molecule has 2 aromatic carbocycles. The van der Waals surface area contributed by atoms with Crippen molar-refractivity contribution >= 4 is 11.5 Å². The third-order valence-corrected chi connectivity index (χ3v) is 4.93. The molecule has 0 radical (unpaired) electrons. The molecule has 7 nitrogen and oxygen atoms in total. The van der Waals surface area contributed by atoms with E-state index in [0.29, 0.717) is 23.0 Å². The lowest BCUT2D eigenvalue weighted by Crippen LogP contribution is -2.22. The molecule has 1 atom stereocenters. The van der Waals surface area contributed by atoms with E-state index in [9.17, 15) is 0 Å². The second-order valence-corrected chi connectivity index (χ2v) is 6.64. The first-order chi connectivity index (χ1) is 14.1. The molecular formula is C22H21N5O2. The van der Waals surface area contributed by atoms with E-state index in [1.165, 1.54) is 6.33 Å². The number of nitrogens with two attached hydrogens (primary N) is 1. The molecule has 0 saturated heterocycles. The minimum atomic E-state index is -1.00. The summed E-state index contributed by atoms with van der Waals surface area (Å²) in [6, 6.07) is 13.7. The lowest BCUT2D eigenvalue weighted by Gasteiger charge is -2.25. The minimum absolute atomic E-state index is 0.410. The SMILES string of the molecule is COc1ccc(C2(c3cccc(-c4cncnc4)c3)N=C(C)C(N)=N2)cc1OC. The number of ether oxygens (including phenoxy) is 2. The zero-order valence-corrected chi connectivity index (χ0v) is 16.5. The van der Waals surface area contributed by atoms with Gasteiger partial charge in [0.2, 0.25) is 5.66 Å². The van der Waals surface area contributed by atoms with Gasteiger partial charge in [-0.3, -0.25) is 0 Å². The van der Waals surface area contributed by atoms with Gasteiger partial charge in [-0.05, 0) is 30.7 Å². The predicted molar refractivity (Wildman–Crippen MR) is 113 cm³/mol. The molecule has 2 heterocycles. The molecule has 4 rings (SSSR count). The van der Waals surface area contributed by atoms with Gasteiger partial charge < -0.3 is 15.2 Å². The summed E-state index contributed by atoms with van der Waals surface area (Å²) >= 11 is 0. The number of methoxy groups -OCH3 is 2. The van der Waals surface area contributed by atoms with Crippen molar-refractivity contribution in [3.63, 3.8) is 0 Å². The quantitative estimate of drug-likeness (QED) is 0.725. The van der Waals surface area contributed by atoms with Crippen molar-refractivity contribution in [1.29, 1.82) is 0 Å². The molecule has 7 heteroatoms. The van der Waals surface area contributed by atoms with Crippen LogP contribution in [0.5, 0.6) is 11.5 Å². The Morgan fingerprint density at radius 3 is 2.21 bits per heavy atom. The number of rotatable bonds is 5. The van der Waals surface area contributed by atoms with E-state index in [-0.39, 0.29) is 0 Å². The van der Waals surface area contributed by atoms with Crippen molar-refractivity contribution in [3.8, 4) is 22.6 Å². The van der Waals surface area contributed by atoms with Gasteiger partial charge in [0, 0.05) is 29.1 Å². The van der Waals surface area contributed by atoms with Crippen LogP contribution in [-0.2, 0) is 5.66 Å². The van der Waals surface area contributed by atoms with Crippen molar-refractivity contribution in [2.45, 2.75) is 12.6 Å². The van der Waals surface area contributed by atoms with Gasteiger partial charge in [0.25, 0.3) is 0 Å². The van der Waals surface area contributed by atoms with E-state index in [1.807, 2.05) is 49.4 Å². The molecule has 0 aliphatic carbocycles. The highest BCUT2D eigenvalue weighted by Gasteiger charge is 2.39. The average Bonchev–Trinajstić information content (AvgIpc) is 3.09. The minimum Gasteiger partial charge on any atom is -0.493 e. The lowest BCUT2D eigenvalue weighted by atomic mass is 9.90. The molecule has 1 aliphatic heterocycles. The van der Waals surface area contributed by atoms with Gasteiger partial charge in [0.05, 0.1) is 19.9 Å². The number of amidine groups is 1. The Morgan fingerprint density at radius 1 is 0.828 bits per heavy atom. The van der Waals surface area contributed by atoms with Crippen LogP contribution in [0.4, 0.5) is 0 Å². The highest BCUT2D eigenvalue weighted by atomic mass is 16.5. The molecular weight excluding hydrogens is 366 g/mol. The van der Waals surface area contributed by atoms with Crippen LogP contribution in [0.25, 0.3) is 11.1 Å². The van der Waals surface area contributed by atoms with Gasteiger partial charge in [-0.25, -0.2) is 20.0 Å². The maximum absolute atomic E-state index is 6.15. The molecule has 0 bridgehead atoms. The third kappa shape index (κ3) is 3.20. The lowest BCUT2D eigenvalue weighted by molar-refractivity contribution is 0.353. The maximum Gasteiger partial charge on any atom is 0.204 e. The summed E-state index contributed by atoms with van der Waals surface area (Å²) in [5, 5.41) is 0. The van der Waals surface area contributed by atoms with Crippen LogP contribution in [-0.4, -0.2) is 35.7 Å². The van der Waals surface area contributed by atoms with E-state index in [4.69, 9.17) is 25.2 Å². The molecule has 2 N–H and O–H groups in total. The second-order valence-electron chi connectivity index (χ2n) is 6.64. The van der Waals surface area contributed by atoms with Crippen LogP contribution in [0.3, 0.4) is 0 Å². The van der Waals surface area contributed by atoms with Crippen molar-refractivity contribution in [3.05, 3.63) is 72.3 Å². The zero-order chi connectivity index (χ0) is 20.4. The van der Waals surface area contributed by atoms with Crippen molar-refractivity contribution in [1.82, 2.24) is 9.97 Å². The smallest absolute Gasteiger partial charge is 0.204 e. The Hall–Kier alpha value is -3.74. The van der Waals surface area contributed by atoms with Crippen molar-refractivity contribution in [2.24, 2.45) is 15.7 Å². The van der Waals surface area contributed by atoms with Crippen LogP contribution in [0, 0.1) is 0 Å². The van der Waals surface area contributed by atoms with E-state index < -0.39 is 5.66 Å². The van der Waals surface area contributed by atoms with Gasteiger partial charge in [-0.15, -0.1) is 0 Å². The predicted octanol–water partition coefficient (Wildman–Crippen LogP) is 3.19. The Labute approximate surface area is 169 Å². The van der Waals surface area contributed by atoms with Crippen LogP contribution >= 0.6 is 0 Å². The molecule has 1 aromatic heterocycles. The van der Waals surface area contributed by atoms with Gasteiger partial charge in [-0.2, -0.15) is 0 Å². The van der Waals surface area contributed by atoms with Crippen LogP contribution < -0.4 is 15.2 Å². The highest BCUT2D eigenvalue weighted by molar-refractivity contribution is 6.41. The fraction of sp³-hybridized carbons (Fsp3) is 0.182. The summed E-state index contributed by atoms with van der Waals surface area (Å²) in [6.07, 6.45) is 5.06. The highest BCUT2D eigenvalue weighted by Crippen LogP contribution is 2.42. The van der Waals surface area contributed by atoms with Crippen LogP contribution in [0.15, 0.2) is 71.2 Å². The summed E-state index contributed by atoms with van der Waals surface area (Å²) in [4.78, 5) is 17.9. The van der Waals surface area contributed by atoms with Gasteiger partial charge in [0.15, 0.2) is 11.5 Å². The van der Waals surface area contributed by atoms with Crippen molar-refractivity contribution in [2.75, 3.05) is 14.2 Å². The fourth-order valence-electron chi connectivity index (χ4n) is 3.42. The first-order valence-electron chi connectivity index (χ1n) is 9.08. The number of aromatic nitrogens is 2. The monoisotopic (exact) mass is 387 g/mol. The Balaban J connectivity index is 1.91. The summed E-state index contributed by atoms with van der Waals surface area (Å²) in [6.45, 7) is 1.86. The number of hydrogen-bond donors (Lipinski definition) is 1. The topological polar surface area (TPSA) is 95.0 Å². The molecule has 1 aliphatic rings. The summed E-state index contributed by atoms with van der Waals surface area (Å²) in [5.74, 6) is 1.65. The Morgan fingerprint density at radius 2 is 1.55 bits per heavy atom. The third-order valence-electron chi connectivity index (χ3n) is 4.93. The Kier molecular flexibility index (Phi) is 4.72. The van der Waals surface area contributed by atoms with Gasteiger partial charge in [-0.1, -0.05) is 24.3 Å². The van der Waals surface area contributed by atoms with E-state index in [2.05, 4.69) is 9.97 Å². The normalized spacial score (nSPS) is 18.2. The zero-order valence-electron chi connectivity index (χ0n) is 16.5. The molecule has 0 fully saturated rings. The molecule has 146 valence electrons. The van der Waals surface area contributed by atoms with Gasteiger partial charge >= 0.3 is 0 Å². The summed E-state index contributed by atoms with van der Waals surface area (Å²) in [5.41, 5.74) is 9.42. The number of aliphatic imine (C=N–C) groups is 2. The largest absolute Gasteiger partial charge is 0.493 e. The second kappa shape index (κ2) is 7.35. The molecule has 3 aromatic rings. The fourth-order valence-corrected chi connectivity index (χ4v) is 3.42. The molecule has 0 spiro atoms. The summed E-state index contributed by atoms with van der Waals surface area (Å²) < 4.78 is 10.9. The first kappa shape index (κ1) is 18.6. The Bertz CT molecular complexity index is 1090. The first-order valence-corrected chi connectivity index (χ1v) is 9.08. The molecule has 0 amide bonds. The number of nitrogens with zero attached hydrogens (tertiary/aromatic N) is 4. The van der Waals surface area contributed by atoms with Crippen LogP contribution in [0.2, 0.25) is 0 Å². The van der Waals surface area contributed by atoms with E-state index in [1.54, 1.807) is 26.6 Å². The summed E-state index contributed by atoms with van der Waals surface area (Å²) in [7, 11) is 3.21.